The van der Waals surface area contributed by atoms with Gasteiger partial charge < -0.3 is 11.1 Å². The van der Waals surface area contributed by atoms with E-state index in [0.717, 1.165) is 6.07 Å². The molecule has 0 radical (unpaired) electrons. The minimum absolute atomic E-state index is 0.0372. The van der Waals surface area contributed by atoms with Gasteiger partial charge in [-0.05, 0) is 19.1 Å². The molecule has 0 saturated heterocycles. The molecule has 2 nitrogen and oxygen atoms in total. The number of alkyl halides is 3. The molecule has 0 aliphatic rings. The fourth-order valence-corrected chi connectivity index (χ4v) is 1.12. The third-order valence-electron chi connectivity index (χ3n) is 1.82. The highest BCUT2D eigenvalue weighted by atomic mass is 19.4. The first-order valence-electron chi connectivity index (χ1n) is 4.26. The zero-order chi connectivity index (χ0) is 11.6. The van der Waals surface area contributed by atoms with E-state index < -0.39 is 17.6 Å². The van der Waals surface area contributed by atoms with E-state index in [1.54, 1.807) is 6.92 Å². The molecular weight excluding hydrogens is 212 g/mol. The van der Waals surface area contributed by atoms with Crippen molar-refractivity contribution in [2.24, 2.45) is 0 Å². The van der Waals surface area contributed by atoms with Gasteiger partial charge in [0.25, 0.3) is 0 Å². The second-order valence-corrected chi connectivity index (χ2v) is 2.95. The quantitative estimate of drug-likeness (QED) is 0.596. The summed E-state index contributed by atoms with van der Waals surface area (Å²) in [6.07, 6.45) is -4.57. The fraction of sp³-hybridized carbons (Fsp3) is 0.333. The third-order valence-corrected chi connectivity index (χ3v) is 1.82. The van der Waals surface area contributed by atoms with Gasteiger partial charge in [0, 0.05) is 6.54 Å². The molecule has 1 aromatic carbocycles. The van der Waals surface area contributed by atoms with Gasteiger partial charge in [-0.2, -0.15) is 13.2 Å². The summed E-state index contributed by atoms with van der Waals surface area (Å²) < 4.78 is 49.9. The molecule has 0 amide bonds. The van der Waals surface area contributed by atoms with Crippen molar-refractivity contribution in [2.45, 2.75) is 13.1 Å². The van der Waals surface area contributed by atoms with Crippen LogP contribution in [0.25, 0.3) is 0 Å². The van der Waals surface area contributed by atoms with Gasteiger partial charge in [0.05, 0.1) is 16.9 Å². The Morgan fingerprint density at radius 3 is 2.40 bits per heavy atom. The van der Waals surface area contributed by atoms with Crippen LogP contribution in [0.15, 0.2) is 12.1 Å². The number of anilines is 2. The molecule has 0 fully saturated rings. The Kier molecular flexibility index (Phi) is 3.06. The lowest BCUT2D eigenvalue weighted by atomic mass is 10.1. The molecule has 0 aliphatic carbocycles. The molecule has 6 heteroatoms. The van der Waals surface area contributed by atoms with Gasteiger partial charge >= 0.3 is 6.18 Å². The van der Waals surface area contributed by atoms with Crippen LogP contribution >= 0.6 is 0 Å². The predicted molar refractivity (Wildman–Crippen MR) is 50.0 cm³/mol. The minimum atomic E-state index is -4.57. The monoisotopic (exact) mass is 222 g/mol. The van der Waals surface area contributed by atoms with E-state index in [0.29, 0.717) is 12.6 Å². The van der Waals surface area contributed by atoms with Gasteiger partial charge in [0.15, 0.2) is 0 Å². The van der Waals surface area contributed by atoms with Crippen LogP contribution in [0.5, 0.6) is 0 Å². The van der Waals surface area contributed by atoms with E-state index >= 15 is 0 Å². The van der Waals surface area contributed by atoms with Gasteiger partial charge in [-0.3, -0.25) is 0 Å². The second-order valence-electron chi connectivity index (χ2n) is 2.95. The Labute approximate surface area is 84.1 Å². The average Bonchev–Trinajstić information content (AvgIpc) is 2.11. The number of nitrogens with two attached hydrogens (primary N) is 1. The van der Waals surface area contributed by atoms with Gasteiger partial charge in [0.2, 0.25) is 0 Å². The number of halogens is 4. The summed E-state index contributed by atoms with van der Waals surface area (Å²) in [6, 6.07) is 1.18. The van der Waals surface area contributed by atoms with E-state index in [-0.39, 0.29) is 11.4 Å². The number of benzene rings is 1. The molecule has 0 aliphatic heterocycles. The van der Waals surface area contributed by atoms with Crippen molar-refractivity contribution in [2.75, 3.05) is 17.6 Å². The lowest BCUT2D eigenvalue weighted by Crippen LogP contribution is -2.10. The highest BCUT2D eigenvalue weighted by molar-refractivity contribution is 5.68. The maximum Gasteiger partial charge on any atom is 0.416 e. The largest absolute Gasteiger partial charge is 0.416 e. The minimum Gasteiger partial charge on any atom is -0.395 e. The van der Waals surface area contributed by atoms with Crippen LogP contribution in [0.2, 0.25) is 0 Å². The van der Waals surface area contributed by atoms with Crippen LogP contribution in [-0.4, -0.2) is 6.54 Å². The third kappa shape index (κ3) is 2.51. The first-order chi connectivity index (χ1) is 6.86. The van der Waals surface area contributed by atoms with Crippen molar-refractivity contribution in [3.63, 3.8) is 0 Å². The standard InChI is InChI=1S/C9H10F4N2/c1-2-15-7-4-5(9(11,12)13)3-6(10)8(7)14/h3-4,15H,2,14H2,1H3. The molecule has 0 aromatic heterocycles. The van der Waals surface area contributed by atoms with E-state index in [1.807, 2.05) is 0 Å². The van der Waals surface area contributed by atoms with Gasteiger partial charge in [0.1, 0.15) is 5.82 Å². The molecule has 3 N–H and O–H groups in total. The summed E-state index contributed by atoms with van der Waals surface area (Å²) in [5.41, 5.74) is 3.89. The van der Waals surface area contributed by atoms with E-state index in [1.165, 1.54) is 0 Å². The highest BCUT2D eigenvalue weighted by Crippen LogP contribution is 2.34. The highest BCUT2D eigenvalue weighted by Gasteiger charge is 2.32. The summed E-state index contributed by atoms with van der Waals surface area (Å²) in [7, 11) is 0. The Balaban J connectivity index is 3.23. The van der Waals surface area contributed by atoms with Crippen LogP contribution in [-0.2, 0) is 6.18 Å². The molecule has 15 heavy (non-hydrogen) atoms. The summed E-state index contributed by atoms with van der Waals surface area (Å²) in [4.78, 5) is 0. The molecule has 0 bridgehead atoms. The van der Waals surface area contributed by atoms with Crippen LogP contribution < -0.4 is 11.1 Å². The summed E-state index contributed by atoms with van der Waals surface area (Å²) in [6.45, 7) is 2.04. The Bertz CT molecular complexity index is 360. The lowest BCUT2D eigenvalue weighted by molar-refractivity contribution is -0.137. The van der Waals surface area contributed by atoms with Gasteiger partial charge in [-0.25, -0.2) is 4.39 Å². The number of hydrogen-bond acceptors (Lipinski definition) is 2. The molecule has 0 heterocycles. The maximum absolute atomic E-state index is 13.0. The topological polar surface area (TPSA) is 38.0 Å². The van der Waals surface area contributed by atoms with Crippen molar-refractivity contribution in [1.82, 2.24) is 0 Å². The molecule has 84 valence electrons. The van der Waals surface area contributed by atoms with Crippen molar-refractivity contribution >= 4 is 11.4 Å². The van der Waals surface area contributed by atoms with Crippen molar-refractivity contribution in [3.05, 3.63) is 23.5 Å². The molecule has 1 rings (SSSR count). The zero-order valence-corrected chi connectivity index (χ0v) is 7.95. The Morgan fingerprint density at radius 2 is 1.93 bits per heavy atom. The summed E-state index contributed by atoms with van der Waals surface area (Å²) in [5.74, 6) is -1.07. The van der Waals surface area contributed by atoms with Crippen LogP contribution in [0.3, 0.4) is 0 Å². The Hall–Kier alpha value is -1.46. The Morgan fingerprint density at radius 1 is 1.33 bits per heavy atom. The lowest BCUT2D eigenvalue weighted by Gasteiger charge is -2.12. The summed E-state index contributed by atoms with van der Waals surface area (Å²) >= 11 is 0. The first kappa shape index (κ1) is 11.6. The smallest absolute Gasteiger partial charge is 0.395 e. The molecule has 0 saturated carbocycles. The normalized spacial score (nSPS) is 11.5. The van der Waals surface area contributed by atoms with Crippen molar-refractivity contribution in [3.8, 4) is 0 Å². The molecule has 0 unspecified atom stereocenters. The van der Waals surface area contributed by atoms with Gasteiger partial charge in [-0.15, -0.1) is 0 Å². The molecular formula is C9H10F4N2. The second kappa shape index (κ2) is 3.96. The molecule has 0 atom stereocenters. The van der Waals surface area contributed by atoms with Crippen LogP contribution in [0, 0.1) is 5.82 Å². The SMILES string of the molecule is CCNc1cc(C(F)(F)F)cc(F)c1N. The predicted octanol–water partition coefficient (Wildman–Crippen LogP) is 2.86. The van der Waals surface area contributed by atoms with Crippen LogP contribution in [0.1, 0.15) is 12.5 Å². The van der Waals surface area contributed by atoms with Crippen LogP contribution in [0.4, 0.5) is 28.9 Å². The summed E-state index contributed by atoms with van der Waals surface area (Å²) in [5, 5.41) is 2.56. The molecule has 1 aromatic rings. The fourth-order valence-electron chi connectivity index (χ4n) is 1.12. The maximum atomic E-state index is 13.0. The number of nitrogens with one attached hydrogen (secondary N) is 1. The number of nitrogen functional groups attached to an aromatic ring is 1. The number of hydrogen-bond donors (Lipinski definition) is 2. The first-order valence-corrected chi connectivity index (χ1v) is 4.26. The van der Waals surface area contributed by atoms with E-state index in [2.05, 4.69) is 5.32 Å². The van der Waals surface area contributed by atoms with Crippen molar-refractivity contribution < 1.29 is 17.6 Å². The zero-order valence-electron chi connectivity index (χ0n) is 7.95. The number of rotatable bonds is 2. The van der Waals surface area contributed by atoms with Gasteiger partial charge in [-0.1, -0.05) is 0 Å². The molecule has 0 spiro atoms. The van der Waals surface area contributed by atoms with Crippen molar-refractivity contribution in [1.29, 1.82) is 0 Å². The van der Waals surface area contributed by atoms with E-state index in [4.69, 9.17) is 5.73 Å². The average molecular weight is 222 g/mol. The van der Waals surface area contributed by atoms with E-state index in [9.17, 15) is 17.6 Å².